The molecule has 5 aliphatic carbocycles. The van der Waals surface area contributed by atoms with Crippen LogP contribution in [0.2, 0.25) is 0 Å². The molecule has 0 aliphatic heterocycles. The van der Waals surface area contributed by atoms with Crippen LogP contribution in [0.4, 0.5) is 11.4 Å². The molecule has 1 heteroatoms. The van der Waals surface area contributed by atoms with Crippen LogP contribution in [-0.4, -0.2) is 0 Å². The third kappa shape index (κ3) is 6.96. The van der Waals surface area contributed by atoms with Crippen LogP contribution in [0.25, 0.3) is 54.9 Å². The fourth-order valence-corrected chi connectivity index (χ4v) is 13.3. The first kappa shape index (κ1) is 42.8. The van der Waals surface area contributed by atoms with E-state index in [1.165, 1.54) is 137 Å². The molecule has 9 aromatic rings. The lowest BCUT2D eigenvalue weighted by Crippen LogP contribution is -2.29. The average molecular weight is 924 g/mol. The number of rotatable bonds is 9. The molecule has 1 fully saturated rings. The Bertz CT molecular complexity index is 3690. The first-order valence-corrected chi connectivity index (χ1v) is 26.5. The van der Waals surface area contributed by atoms with Crippen molar-refractivity contribution in [2.24, 2.45) is 11.8 Å². The second-order valence-corrected chi connectivity index (χ2v) is 21.0. The summed E-state index contributed by atoms with van der Waals surface area (Å²) < 4.78 is 0. The van der Waals surface area contributed by atoms with Gasteiger partial charge in [-0.3, -0.25) is 0 Å². The van der Waals surface area contributed by atoms with E-state index in [9.17, 15) is 0 Å². The number of hydrogen-bond donors (Lipinski definition) is 0. The van der Waals surface area contributed by atoms with E-state index in [0.717, 1.165) is 17.8 Å². The largest absolute Gasteiger partial charge is 0.310 e. The average Bonchev–Trinajstić information content (AvgIpc) is 4.19. The standard InChI is InChI=1S/C71H57N/c1-47-30-43-68(65(44-47)62-29-15-21-52-20-14-28-61(69(52)62)50-16-5-2-6-17-50)72(58-39-33-51(34-40-58)60-27-13-19-49-18-11-12-26-59(49)60)57-37-31-48(32-38-57)53-35-41-63-67(46-53)71(55-22-7-3-8-23-55,56-24-9-4-10-25-56)66-42-36-54-45-64(54)70(63)66/h3-4,7-15,18-29,31-47,50,64H,2,5-6,16-17,30H2,1H3. The highest BCUT2D eigenvalue weighted by Crippen LogP contribution is 2.62. The molecule has 5 aliphatic rings. The third-order valence-electron chi connectivity index (χ3n) is 16.8. The first-order valence-electron chi connectivity index (χ1n) is 26.5. The number of fused-ring (bicyclic) bond motifs is 6. The van der Waals surface area contributed by atoms with Gasteiger partial charge in [-0.05, 0) is 155 Å². The zero-order valence-electron chi connectivity index (χ0n) is 40.9. The molecule has 0 saturated heterocycles. The van der Waals surface area contributed by atoms with Crippen molar-refractivity contribution in [2.45, 2.75) is 56.8 Å². The van der Waals surface area contributed by atoms with E-state index in [1.807, 2.05) is 0 Å². The van der Waals surface area contributed by atoms with Gasteiger partial charge in [-0.15, -0.1) is 0 Å². The molecule has 0 amide bonds. The maximum Gasteiger partial charge on any atom is 0.0710 e. The van der Waals surface area contributed by atoms with Crippen molar-refractivity contribution in [2.75, 3.05) is 4.90 Å². The van der Waals surface area contributed by atoms with Gasteiger partial charge in [-0.2, -0.15) is 0 Å². The molecule has 1 saturated carbocycles. The number of allylic oxidation sites excluding steroid dienone is 9. The van der Waals surface area contributed by atoms with Crippen molar-refractivity contribution in [3.05, 3.63) is 287 Å². The first-order chi connectivity index (χ1) is 35.6. The quantitative estimate of drug-likeness (QED) is 0.139. The van der Waals surface area contributed by atoms with Crippen molar-refractivity contribution in [1.29, 1.82) is 0 Å². The molecule has 2 atom stereocenters. The summed E-state index contributed by atoms with van der Waals surface area (Å²) in [6.45, 7) is 2.38. The lowest BCUT2D eigenvalue weighted by Gasteiger charge is -2.35. The molecule has 0 aromatic heterocycles. The molecule has 0 N–H and O–H groups in total. The molecule has 72 heavy (non-hydrogen) atoms. The van der Waals surface area contributed by atoms with Gasteiger partial charge in [-0.25, -0.2) is 0 Å². The normalized spacial score (nSPS) is 18.8. The Labute approximate surface area is 424 Å². The van der Waals surface area contributed by atoms with Gasteiger partial charge in [0, 0.05) is 28.6 Å². The minimum absolute atomic E-state index is 0.388. The lowest BCUT2D eigenvalue weighted by molar-refractivity contribution is 0.445. The van der Waals surface area contributed by atoms with Gasteiger partial charge < -0.3 is 4.90 Å². The van der Waals surface area contributed by atoms with Crippen molar-refractivity contribution in [1.82, 2.24) is 0 Å². The van der Waals surface area contributed by atoms with Gasteiger partial charge in [0.25, 0.3) is 0 Å². The second kappa shape index (κ2) is 17.4. The molecule has 0 spiro atoms. The summed E-state index contributed by atoms with van der Waals surface area (Å²) in [5, 5.41) is 5.30. The van der Waals surface area contributed by atoms with Gasteiger partial charge >= 0.3 is 0 Å². The van der Waals surface area contributed by atoms with Crippen LogP contribution in [0.1, 0.15) is 84.7 Å². The zero-order chi connectivity index (χ0) is 47.8. The van der Waals surface area contributed by atoms with Gasteiger partial charge in [-0.1, -0.05) is 232 Å². The minimum Gasteiger partial charge on any atom is -0.310 e. The summed E-state index contributed by atoms with van der Waals surface area (Å²) in [6, 6.07) is 78.0. The van der Waals surface area contributed by atoms with Crippen LogP contribution in [0.3, 0.4) is 0 Å². The highest BCUT2D eigenvalue weighted by atomic mass is 15.2. The Morgan fingerprint density at radius 3 is 1.86 bits per heavy atom. The van der Waals surface area contributed by atoms with Crippen molar-refractivity contribution < 1.29 is 0 Å². The molecule has 1 nitrogen and oxygen atoms in total. The molecule has 9 aromatic carbocycles. The molecule has 2 unspecified atom stereocenters. The highest BCUT2D eigenvalue weighted by molar-refractivity contribution is 6.03. The summed E-state index contributed by atoms with van der Waals surface area (Å²) in [5.41, 5.74) is 21.9. The van der Waals surface area contributed by atoms with Gasteiger partial charge in [0.1, 0.15) is 0 Å². The summed E-state index contributed by atoms with van der Waals surface area (Å²) >= 11 is 0. The van der Waals surface area contributed by atoms with Gasteiger partial charge in [0.15, 0.2) is 0 Å². The van der Waals surface area contributed by atoms with Crippen LogP contribution < -0.4 is 4.90 Å². The predicted octanol–water partition coefficient (Wildman–Crippen LogP) is 18.7. The molecule has 14 rings (SSSR count). The third-order valence-corrected chi connectivity index (χ3v) is 16.8. The maximum absolute atomic E-state index is 2.56. The van der Waals surface area contributed by atoms with E-state index in [-0.39, 0.29) is 0 Å². The molecule has 0 radical (unpaired) electrons. The number of nitrogens with zero attached hydrogens (tertiary/aromatic N) is 1. The van der Waals surface area contributed by atoms with E-state index in [4.69, 9.17) is 0 Å². The fraction of sp³-hybridized carbons (Fsp3) is 0.155. The summed E-state index contributed by atoms with van der Waals surface area (Å²) in [5.74, 6) is 1.39. The number of benzene rings is 9. The van der Waals surface area contributed by atoms with E-state index in [2.05, 4.69) is 248 Å². The summed E-state index contributed by atoms with van der Waals surface area (Å²) in [6.07, 6.45) is 19.8. The van der Waals surface area contributed by atoms with Gasteiger partial charge in [0.2, 0.25) is 0 Å². The summed E-state index contributed by atoms with van der Waals surface area (Å²) in [4.78, 5) is 2.54. The van der Waals surface area contributed by atoms with Gasteiger partial charge in [0.05, 0.1) is 5.41 Å². The zero-order valence-corrected chi connectivity index (χ0v) is 40.9. The van der Waals surface area contributed by atoms with Crippen LogP contribution in [-0.2, 0) is 5.41 Å². The van der Waals surface area contributed by atoms with Crippen molar-refractivity contribution >= 4 is 44.1 Å². The van der Waals surface area contributed by atoms with Crippen molar-refractivity contribution in [3.63, 3.8) is 0 Å². The topological polar surface area (TPSA) is 3.24 Å². The van der Waals surface area contributed by atoms with Crippen LogP contribution >= 0.6 is 0 Å². The molecular weight excluding hydrogens is 867 g/mol. The monoisotopic (exact) mass is 923 g/mol. The molecular formula is C71H57N. The van der Waals surface area contributed by atoms with E-state index < -0.39 is 5.41 Å². The SMILES string of the molecule is CC1C=C(c2cccc3cccc(C4CCCCC4)c23)C(N(c2ccc(-c3ccc4c(c3)C(c3ccccc3)(c3ccccc3)C3=C4C4C=C4C=C3)cc2)c2ccc(-c3cccc4ccccc34)cc2)=CC1. The molecule has 346 valence electrons. The van der Waals surface area contributed by atoms with Crippen LogP contribution in [0.15, 0.2) is 253 Å². The molecule has 0 heterocycles. The number of hydrogen-bond acceptors (Lipinski definition) is 1. The maximum atomic E-state index is 2.56. The minimum atomic E-state index is -0.428. The van der Waals surface area contributed by atoms with E-state index in [0.29, 0.717) is 17.8 Å². The van der Waals surface area contributed by atoms with Crippen LogP contribution in [0, 0.1) is 11.8 Å². The Morgan fingerprint density at radius 2 is 1.12 bits per heavy atom. The Hall–Kier alpha value is -8.00. The Balaban J connectivity index is 0.906. The number of anilines is 2. The van der Waals surface area contributed by atoms with Crippen molar-refractivity contribution in [3.8, 4) is 22.3 Å². The Morgan fingerprint density at radius 1 is 0.500 bits per heavy atom. The molecule has 0 bridgehead atoms. The highest BCUT2D eigenvalue weighted by Gasteiger charge is 2.51. The van der Waals surface area contributed by atoms with Crippen LogP contribution in [0.5, 0.6) is 0 Å². The van der Waals surface area contributed by atoms with E-state index in [1.54, 1.807) is 0 Å². The smallest absolute Gasteiger partial charge is 0.0710 e. The predicted molar refractivity (Wildman–Crippen MR) is 303 cm³/mol. The second-order valence-electron chi connectivity index (χ2n) is 21.0. The Kier molecular flexibility index (Phi) is 10.3. The lowest BCUT2D eigenvalue weighted by atomic mass is 9.66. The fourth-order valence-electron chi connectivity index (χ4n) is 13.3. The van der Waals surface area contributed by atoms with E-state index >= 15 is 0 Å². The summed E-state index contributed by atoms with van der Waals surface area (Å²) in [7, 11) is 0.